The zero-order valence-electron chi connectivity index (χ0n) is 21.6. The molecule has 0 spiro atoms. The molecule has 0 atom stereocenters. The first-order valence-corrected chi connectivity index (χ1v) is 12.7. The molecule has 0 aliphatic heterocycles. The fraction of sp³-hybridized carbons (Fsp3) is 0.385. The molecule has 37 heavy (non-hydrogen) atoms. The first-order valence-electron chi connectivity index (χ1n) is 11.9. The third-order valence-electron chi connectivity index (χ3n) is 4.95. The average Bonchev–Trinajstić information content (AvgIpc) is 3.23. The molecule has 3 aromatic rings. The Morgan fingerprint density at radius 3 is 2.14 bits per heavy atom. The van der Waals surface area contributed by atoms with Crippen molar-refractivity contribution in [1.29, 1.82) is 5.41 Å². The summed E-state index contributed by atoms with van der Waals surface area (Å²) in [5.74, 6) is -0.844. The number of H-pyrrole nitrogens is 1. The lowest BCUT2D eigenvalue weighted by Crippen LogP contribution is -2.32. The minimum atomic E-state index is -0.640. The molecule has 0 unspecified atom stereocenters. The molecule has 4 rings (SSSR count). The molecule has 0 radical (unpaired) electrons. The molecule has 1 aliphatic rings. The number of carbonyl (C=O) groups is 1. The second kappa shape index (κ2) is 16.7. The summed E-state index contributed by atoms with van der Waals surface area (Å²) in [5, 5.41) is 14.3. The van der Waals surface area contributed by atoms with Crippen LogP contribution in [0.25, 0.3) is 22.2 Å². The number of fused-ring (bicyclic) bond motifs is 1. The maximum atomic E-state index is 13.5. The van der Waals surface area contributed by atoms with Crippen molar-refractivity contribution in [3.05, 3.63) is 59.9 Å². The van der Waals surface area contributed by atoms with Gasteiger partial charge < -0.3 is 16.0 Å². The van der Waals surface area contributed by atoms with E-state index in [2.05, 4.69) is 35.8 Å². The Morgan fingerprint density at radius 2 is 1.70 bits per heavy atom. The smallest absolute Gasteiger partial charge is 0.285 e. The van der Waals surface area contributed by atoms with E-state index in [1.807, 2.05) is 0 Å². The summed E-state index contributed by atoms with van der Waals surface area (Å²) in [5.41, 5.74) is 6.30. The number of amidine groups is 1. The van der Waals surface area contributed by atoms with Crippen LogP contribution in [-0.2, 0) is 4.79 Å². The lowest BCUT2D eigenvalue weighted by atomic mass is 9.86. The summed E-state index contributed by atoms with van der Waals surface area (Å²) in [6.07, 6.45) is 4.21. The van der Waals surface area contributed by atoms with Crippen LogP contribution in [-0.4, -0.2) is 30.3 Å². The van der Waals surface area contributed by atoms with Crippen LogP contribution >= 0.6 is 12.1 Å². The minimum Gasteiger partial charge on any atom is -0.380 e. The van der Waals surface area contributed by atoms with E-state index >= 15 is 0 Å². The minimum absolute atomic E-state index is 0.246. The zero-order valence-corrected chi connectivity index (χ0v) is 22.4. The predicted octanol–water partition coefficient (Wildman–Crippen LogP) is 5.48. The third kappa shape index (κ3) is 12.2. The van der Waals surface area contributed by atoms with Crippen LogP contribution in [0.15, 0.2) is 42.5 Å². The molecule has 204 valence electrons. The van der Waals surface area contributed by atoms with Gasteiger partial charge in [0.1, 0.15) is 17.5 Å². The highest BCUT2D eigenvalue weighted by Crippen LogP contribution is 2.27. The van der Waals surface area contributed by atoms with Gasteiger partial charge in [0, 0.05) is 42.9 Å². The van der Waals surface area contributed by atoms with Gasteiger partial charge >= 0.3 is 0 Å². The fourth-order valence-electron chi connectivity index (χ4n) is 2.95. The lowest BCUT2D eigenvalue weighted by Gasteiger charge is -2.24. The fourth-order valence-corrected chi connectivity index (χ4v) is 3.28. The van der Waals surface area contributed by atoms with Crippen LogP contribution < -0.4 is 20.9 Å². The van der Waals surface area contributed by atoms with Crippen molar-refractivity contribution in [3.63, 3.8) is 0 Å². The van der Waals surface area contributed by atoms with Crippen LogP contribution in [0, 0.1) is 34.7 Å². The molecule has 7 nitrogen and oxygen atoms in total. The van der Waals surface area contributed by atoms with Gasteiger partial charge in [-0.15, -0.1) is 0 Å². The van der Waals surface area contributed by atoms with Crippen molar-refractivity contribution in [1.82, 2.24) is 15.0 Å². The molecule has 8 N–H and O–H groups in total. The summed E-state index contributed by atoms with van der Waals surface area (Å²) in [7, 11) is 1.42. The summed E-state index contributed by atoms with van der Waals surface area (Å²) in [6, 6.07) is 9.50. The molecular formula is C26H37F3N6OS. The van der Waals surface area contributed by atoms with Crippen molar-refractivity contribution < 1.29 is 18.0 Å². The zero-order chi connectivity index (χ0) is 28.0. The SMILES string of the molecule is CC(C)C.CNC(=O)C(=N)N.Fc1ccc(-c2cc3cc(F)cc(F)c3[nH]2)cc1.NSNCC1CCC1. The normalized spacial score (nSPS) is 12.2. The second-order valence-corrected chi connectivity index (χ2v) is 9.55. The average molecular weight is 539 g/mol. The molecule has 2 aromatic carbocycles. The molecule has 1 fully saturated rings. The number of amides is 1. The van der Waals surface area contributed by atoms with Crippen molar-refractivity contribution in [2.24, 2.45) is 22.7 Å². The Morgan fingerprint density at radius 1 is 1.11 bits per heavy atom. The van der Waals surface area contributed by atoms with Gasteiger partial charge in [-0.05, 0) is 66.6 Å². The number of nitrogens with one attached hydrogen (secondary N) is 4. The van der Waals surface area contributed by atoms with Gasteiger partial charge in [0.25, 0.3) is 5.91 Å². The number of hydrogen-bond acceptors (Lipinski definition) is 5. The van der Waals surface area contributed by atoms with Crippen LogP contribution in [0.4, 0.5) is 13.2 Å². The van der Waals surface area contributed by atoms with Crippen molar-refractivity contribution >= 4 is 34.8 Å². The molecule has 1 aliphatic carbocycles. The predicted molar refractivity (Wildman–Crippen MR) is 147 cm³/mol. The standard InChI is InChI=1S/C14H8F3N.C5H12N2S.C4H10.C3H7N3O/c15-10-3-1-8(2-4-10)13-6-9-5-11(16)7-12(17)14(9)18-13;6-8-7-4-5-2-1-3-5;1-4(2)3;1-6-3(7)2(4)5/h1-7,18H;5,7H,1-4,6H2;4H,1-3H3;1H3,(H3,4,5)(H,6,7). The van der Waals surface area contributed by atoms with Gasteiger partial charge in [-0.1, -0.05) is 27.2 Å². The monoisotopic (exact) mass is 538 g/mol. The number of likely N-dealkylation sites (N-methyl/N-ethyl adjacent to an activating group) is 1. The molecule has 0 bridgehead atoms. The third-order valence-corrected chi connectivity index (χ3v) is 5.29. The number of benzene rings is 2. The van der Waals surface area contributed by atoms with Gasteiger partial charge in [-0.25, -0.2) is 13.2 Å². The number of halogens is 3. The largest absolute Gasteiger partial charge is 0.380 e. The number of nitrogens with two attached hydrogens (primary N) is 2. The van der Waals surface area contributed by atoms with E-state index in [-0.39, 0.29) is 11.3 Å². The Bertz CT molecular complexity index is 1110. The van der Waals surface area contributed by atoms with Crippen molar-refractivity contribution in [2.45, 2.75) is 40.0 Å². The summed E-state index contributed by atoms with van der Waals surface area (Å²) in [4.78, 5) is 12.9. The number of aromatic nitrogens is 1. The molecule has 1 saturated carbocycles. The number of hydrogen-bond donors (Lipinski definition) is 6. The van der Waals surface area contributed by atoms with E-state index in [1.165, 1.54) is 56.6 Å². The first-order chi connectivity index (χ1) is 17.5. The van der Waals surface area contributed by atoms with Gasteiger partial charge in [0.05, 0.1) is 5.52 Å². The van der Waals surface area contributed by atoms with E-state index in [0.717, 1.165) is 24.4 Å². The van der Waals surface area contributed by atoms with Gasteiger partial charge in [0.15, 0.2) is 5.84 Å². The Balaban J connectivity index is 0.000000300. The topological polar surface area (TPSA) is 133 Å². The Kier molecular flexibility index (Phi) is 14.4. The van der Waals surface area contributed by atoms with Crippen LogP contribution in [0.2, 0.25) is 0 Å². The molecule has 1 heterocycles. The van der Waals surface area contributed by atoms with Crippen LogP contribution in [0.1, 0.15) is 40.0 Å². The number of aromatic amines is 1. The quantitative estimate of drug-likeness (QED) is 0.149. The summed E-state index contributed by atoms with van der Waals surface area (Å²) in [6.45, 7) is 7.60. The summed E-state index contributed by atoms with van der Waals surface area (Å²) < 4.78 is 42.4. The van der Waals surface area contributed by atoms with Crippen molar-refractivity contribution in [3.8, 4) is 11.3 Å². The van der Waals surface area contributed by atoms with E-state index in [0.29, 0.717) is 16.6 Å². The number of carbonyl (C=O) groups excluding carboxylic acids is 1. The highest BCUT2D eigenvalue weighted by atomic mass is 32.2. The van der Waals surface area contributed by atoms with Gasteiger partial charge in [-0.2, -0.15) is 0 Å². The van der Waals surface area contributed by atoms with Gasteiger partial charge in [0.2, 0.25) is 0 Å². The molecule has 11 heteroatoms. The number of rotatable bonds is 4. The molecule has 0 saturated heterocycles. The summed E-state index contributed by atoms with van der Waals surface area (Å²) >= 11 is 1.23. The van der Waals surface area contributed by atoms with E-state index in [9.17, 15) is 18.0 Å². The van der Waals surface area contributed by atoms with Crippen molar-refractivity contribution in [2.75, 3.05) is 13.6 Å². The molecular weight excluding hydrogens is 501 g/mol. The van der Waals surface area contributed by atoms with E-state index in [4.69, 9.17) is 16.3 Å². The first kappa shape index (κ1) is 32.0. The van der Waals surface area contributed by atoms with Crippen LogP contribution in [0.5, 0.6) is 0 Å². The Labute approximate surface area is 220 Å². The maximum absolute atomic E-state index is 13.5. The maximum Gasteiger partial charge on any atom is 0.285 e. The van der Waals surface area contributed by atoms with Gasteiger partial charge in [-0.3, -0.25) is 20.1 Å². The highest BCUT2D eigenvalue weighted by Gasteiger charge is 2.15. The van der Waals surface area contributed by atoms with E-state index in [1.54, 1.807) is 18.2 Å². The lowest BCUT2D eigenvalue weighted by molar-refractivity contribution is -0.114. The Hall–Kier alpha value is -3.02. The highest BCUT2D eigenvalue weighted by molar-refractivity contribution is 7.95. The van der Waals surface area contributed by atoms with Crippen LogP contribution in [0.3, 0.4) is 0 Å². The molecule has 1 amide bonds. The molecule has 1 aromatic heterocycles. The van der Waals surface area contributed by atoms with E-state index < -0.39 is 23.4 Å². The second-order valence-electron chi connectivity index (χ2n) is 9.03.